The molecular weight excluding hydrogens is 264 g/mol. The van der Waals surface area contributed by atoms with Crippen molar-refractivity contribution in [2.75, 3.05) is 26.4 Å². The van der Waals surface area contributed by atoms with Crippen LogP contribution in [0.2, 0.25) is 0 Å². The molecule has 0 radical (unpaired) electrons. The van der Waals surface area contributed by atoms with Gasteiger partial charge in [0.05, 0.1) is 11.6 Å². The van der Waals surface area contributed by atoms with Crippen molar-refractivity contribution in [3.63, 3.8) is 0 Å². The molecule has 1 heterocycles. The van der Waals surface area contributed by atoms with Gasteiger partial charge in [-0.05, 0) is 59.5 Å². The van der Waals surface area contributed by atoms with E-state index in [1.807, 2.05) is 26.0 Å². The number of aryl methyl sites for hydroxylation is 1. The lowest BCUT2D eigenvalue weighted by atomic mass is 10.2. The van der Waals surface area contributed by atoms with Crippen LogP contribution in [0.3, 0.4) is 0 Å². The molecule has 0 fully saturated rings. The van der Waals surface area contributed by atoms with Gasteiger partial charge in [0, 0.05) is 6.54 Å². The SMILES string of the molecule is CC(C)Oc1cccc2c1nc(N)n2CCCCN(C)C. The van der Waals surface area contributed by atoms with E-state index in [0.29, 0.717) is 5.95 Å². The average molecular weight is 290 g/mol. The maximum absolute atomic E-state index is 6.08. The molecule has 0 atom stereocenters. The molecule has 0 aliphatic rings. The Bertz CT molecular complexity index is 589. The Labute approximate surface area is 126 Å². The summed E-state index contributed by atoms with van der Waals surface area (Å²) in [5, 5.41) is 0. The Morgan fingerprint density at radius 3 is 2.71 bits per heavy atom. The highest BCUT2D eigenvalue weighted by Crippen LogP contribution is 2.28. The van der Waals surface area contributed by atoms with Gasteiger partial charge in [-0.2, -0.15) is 0 Å². The van der Waals surface area contributed by atoms with E-state index in [1.165, 1.54) is 0 Å². The molecule has 0 saturated heterocycles. The quantitative estimate of drug-likeness (QED) is 0.797. The highest BCUT2D eigenvalue weighted by molar-refractivity contribution is 5.84. The van der Waals surface area contributed by atoms with Gasteiger partial charge < -0.3 is 19.9 Å². The second-order valence-electron chi connectivity index (χ2n) is 5.92. The second kappa shape index (κ2) is 6.80. The predicted molar refractivity (Wildman–Crippen MR) is 87.7 cm³/mol. The molecule has 0 aliphatic heterocycles. The molecular formula is C16H26N4O. The molecule has 5 heteroatoms. The van der Waals surface area contributed by atoms with Gasteiger partial charge in [-0.15, -0.1) is 0 Å². The second-order valence-corrected chi connectivity index (χ2v) is 5.92. The summed E-state index contributed by atoms with van der Waals surface area (Å²) in [6, 6.07) is 6.00. The minimum absolute atomic E-state index is 0.127. The zero-order chi connectivity index (χ0) is 15.4. The molecule has 0 amide bonds. The number of ether oxygens (including phenoxy) is 1. The van der Waals surface area contributed by atoms with E-state index in [1.54, 1.807) is 0 Å². The average Bonchev–Trinajstić information content (AvgIpc) is 2.71. The monoisotopic (exact) mass is 290 g/mol. The predicted octanol–water partition coefficient (Wildman–Crippen LogP) is 2.75. The Morgan fingerprint density at radius 2 is 2.05 bits per heavy atom. The number of fused-ring (bicyclic) bond motifs is 1. The minimum atomic E-state index is 0.127. The third-order valence-corrected chi connectivity index (χ3v) is 3.37. The fourth-order valence-corrected chi connectivity index (χ4v) is 2.42. The topological polar surface area (TPSA) is 56.3 Å². The molecule has 1 aromatic heterocycles. The lowest BCUT2D eigenvalue weighted by Crippen LogP contribution is -2.13. The summed E-state index contributed by atoms with van der Waals surface area (Å²) in [6.45, 7) is 6.01. The Morgan fingerprint density at radius 1 is 1.29 bits per heavy atom. The van der Waals surface area contributed by atoms with Gasteiger partial charge in [-0.25, -0.2) is 4.98 Å². The molecule has 5 nitrogen and oxygen atoms in total. The summed E-state index contributed by atoms with van der Waals surface area (Å²) in [6.07, 6.45) is 2.36. The van der Waals surface area contributed by atoms with E-state index < -0.39 is 0 Å². The molecule has 21 heavy (non-hydrogen) atoms. The Hall–Kier alpha value is -1.75. The first kappa shape index (κ1) is 15.6. The van der Waals surface area contributed by atoms with Crippen LogP contribution < -0.4 is 10.5 Å². The summed E-state index contributed by atoms with van der Waals surface area (Å²) in [5.41, 5.74) is 7.99. The van der Waals surface area contributed by atoms with Crippen LogP contribution in [-0.4, -0.2) is 41.2 Å². The van der Waals surface area contributed by atoms with Crippen LogP contribution in [0.15, 0.2) is 18.2 Å². The number of anilines is 1. The third kappa shape index (κ3) is 3.88. The summed E-state index contributed by atoms with van der Waals surface area (Å²) >= 11 is 0. The number of hydrogen-bond acceptors (Lipinski definition) is 4. The number of nitrogens with zero attached hydrogens (tertiary/aromatic N) is 3. The number of unbranched alkanes of at least 4 members (excludes halogenated alkanes) is 1. The van der Waals surface area contributed by atoms with Crippen molar-refractivity contribution in [3.05, 3.63) is 18.2 Å². The van der Waals surface area contributed by atoms with Gasteiger partial charge in [0.25, 0.3) is 0 Å². The smallest absolute Gasteiger partial charge is 0.201 e. The van der Waals surface area contributed by atoms with Crippen molar-refractivity contribution in [1.82, 2.24) is 14.5 Å². The fraction of sp³-hybridized carbons (Fsp3) is 0.562. The first-order valence-electron chi connectivity index (χ1n) is 7.55. The normalized spacial score (nSPS) is 11.7. The summed E-state index contributed by atoms with van der Waals surface area (Å²) < 4.78 is 7.90. The van der Waals surface area contributed by atoms with Crippen molar-refractivity contribution in [2.45, 2.75) is 39.3 Å². The first-order valence-corrected chi connectivity index (χ1v) is 7.55. The van der Waals surface area contributed by atoms with Crippen LogP contribution in [0, 0.1) is 0 Å². The lowest BCUT2D eigenvalue weighted by Gasteiger charge is -2.11. The molecule has 2 N–H and O–H groups in total. The first-order chi connectivity index (χ1) is 9.99. The number of nitrogen functional groups attached to an aromatic ring is 1. The van der Waals surface area contributed by atoms with Gasteiger partial charge in [0.15, 0.2) is 0 Å². The fourth-order valence-electron chi connectivity index (χ4n) is 2.42. The molecule has 116 valence electrons. The van der Waals surface area contributed by atoms with E-state index in [2.05, 4.69) is 34.6 Å². The van der Waals surface area contributed by atoms with E-state index in [-0.39, 0.29) is 6.10 Å². The van der Waals surface area contributed by atoms with Crippen LogP contribution in [0.4, 0.5) is 5.95 Å². The minimum Gasteiger partial charge on any atom is -0.489 e. The number of benzene rings is 1. The van der Waals surface area contributed by atoms with E-state index in [4.69, 9.17) is 10.5 Å². The van der Waals surface area contributed by atoms with Gasteiger partial charge in [-0.3, -0.25) is 0 Å². The van der Waals surface area contributed by atoms with Gasteiger partial charge >= 0.3 is 0 Å². The summed E-state index contributed by atoms with van der Waals surface area (Å²) in [4.78, 5) is 6.68. The lowest BCUT2D eigenvalue weighted by molar-refractivity contribution is 0.245. The molecule has 0 saturated carbocycles. The van der Waals surface area contributed by atoms with Gasteiger partial charge in [0.2, 0.25) is 5.95 Å². The van der Waals surface area contributed by atoms with Crippen molar-refractivity contribution in [2.24, 2.45) is 0 Å². The number of nitrogens with two attached hydrogens (primary N) is 1. The van der Waals surface area contributed by atoms with Crippen molar-refractivity contribution in [3.8, 4) is 5.75 Å². The Kier molecular flexibility index (Phi) is 5.07. The molecule has 0 unspecified atom stereocenters. The number of rotatable bonds is 7. The molecule has 0 aliphatic carbocycles. The molecule has 0 bridgehead atoms. The third-order valence-electron chi connectivity index (χ3n) is 3.37. The standard InChI is InChI=1S/C16H26N4O/c1-12(2)21-14-9-7-8-13-15(14)18-16(17)20(13)11-6-5-10-19(3)4/h7-9,12H,5-6,10-11H2,1-4H3,(H2,17,18). The van der Waals surface area contributed by atoms with Crippen LogP contribution in [0.5, 0.6) is 5.75 Å². The van der Waals surface area contributed by atoms with E-state index >= 15 is 0 Å². The van der Waals surface area contributed by atoms with Crippen molar-refractivity contribution >= 4 is 17.0 Å². The van der Waals surface area contributed by atoms with E-state index in [0.717, 1.165) is 42.7 Å². The molecule has 2 rings (SSSR count). The van der Waals surface area contributed by atoms with Crippen molar-refractivity contribution in [1.29, 1.82) is 0 Å². The molecule has 0 spiro atoms. The zero-order valence-electron chi connectivity index (χ0n) is 13.5. The zero-order valence-corrected chi connectivity index (χ0v) is 13.5. The molecule has 1 aromatic carbocycles. The highest BCUT2D eigenvalue weighted by Gasteiger charge is 2.12. The summed E-state index contributed by atoms with van der Waals surface area (Å²) in [5.74, 6) is 1.37. The van der Waals surface area contributed by atoms with Gasteiger partial charge in [0.1, 0.15) is 11.3 Å². The largest absolute Gasteiger partial charge is 0.489 e. The number of hydrogen-bond donors (Lipinski definition) is 1. The van der Waals surface area contributed by atoms with Crippen LogP contribution >= 0.6 is 0 Å². The number of aromatic nitrogens is 2. The van der Waals surface area contributed by atoms with Crippen molar-refractivity contribution < 1.29 is 4.74 Å². The van der Waals surface area contributed by atoms with Crippen LogP contribution in [-0.2, 0) is 6.54 Å². The summed E-state index contributed by atoms with van der Waals surface area (Å²) in [7, 11) is 4.19. The number of imidazole rings is 1. The van der Waals surface area contributed by atoms with Crippen LogP contribution in [0.25, 0.3) is 11.0 Å². The van der Waals surface area contributed by atoms with Crippen LogP contribution in [0.1, 0.15) is 26.7 Å². The van der Waals surface area contributed by atoms with Gasteiger partial charge in [-0.1, -0.05) is 6.07 Å². The number of para-hydroxylation sites is 1. The Balaban J connectivity index is 2.18. The maximum atomic E-state index is 6.08. The highest BCUT2D eigenvalue weighted by atomic mass is 16.5. The molecule has 2 aromatic rings. The van der Waals surface area contributed by atoms with E-state index in [9.17, 15) is 0 Å². The maximum Gasteiger partial charge on any atom is 0.201 e.